The highest BCUT2D eigenvalue weighted by atomic mass is 16.5. The van der Waals surface area contributed by atoms with Crippen LogP contribution in [0.2, 0.25) is 0 Å². The zero-order valence-corrected chi connectivity index (χ0v) is 11.8. The van der Waals surface area contributed by atoms with Gasteiger partial charge in [-0.2, -0.15) is 0 Å². The Kier molecular flexibility index (Phi) is 4.71. The van der Waals surface area contributed by atoms with Gasteiger partial charge in [0.15, 0.2) is 0 Å². The summed E-state index contributed by atoms with van der Waals surface area (Å²) in [7, 11) is 1.63. The molecule has 2 N–H and O–H groups in total. The molecule has 2 aromatic rings. The summed E-state index contributed by atoms with van der Waals surface area (Å²) in [6.07, 6.45) is 0.934. The Morgan fingerprint density at radius 2 is 1.60 bits per heavy atom. The van der Waals surface area contributed by atoms with Crippen LogP contribution < -0.4 is 19.9 Å². The Hall–Kier alpha value is -2.36. The van der Waals surface area contributed by atoms with E-state index in [9.17, 15) is 0 Å². The smallest absolute Gasteiger partial charge is 0.145 e. The van der Waals surface area contributed by atoms with Crippen LogP contribution in [0.5, 0.6) is 23.0 Å². The minimum atomic E-state index is 0.612. The van der Waals surface area contributed by atoms with Crippen molar-refractivity contribution in [2.75, 3.05) is 19.5 Å². The third kappa shape index (κ3) is 3.57. The second-order valence-electron chi connectivity index (χ2n) is 4.33. The van der Waals surface area contributed by atoms with Gasteiger partial charge in [0.2, 0.25) is 0 Å². The minimum Gasteiger partial charge on any atom is -0.497 e. The van der Waals surface area contributed by atoms with Gasteiger partial charge in [-0.05, 0) is 42.8 Å². The van der Waals surface area contributed by atoms with Crippen molar-refractivity contribution in [3.63, 3.8) is 0 Å². The van der Waals surface area contributed by atoms with Crippen LogP contribution in [0.4, 0.5) is 5.69 Å². The van der Waals surface area contributed by atoms with Gasteiger partial charge in [-0.25, -0.2) is 0 Å². The summed E-state index contributed by atoms with van der Waals surface area (Å²) in [6.45, 7) is 2.68. The van der Waals surface area contributed by atoms with Crippen LogP contribution in [0.15, 0.2) is 42.5 Å². The zero-order valence-electron chi connectivity index (χ0n) is 11.8. The number of methoxy groups -OCH3 is 1. The van der Waals surface area contributed by atoms with Crippen molar-refractivity contribution < 1.29 is 14.2 Å². The van der Waals surface area contributed by atoms with Gasteiger partial charge in [-0.3, -0.25) is 0 Å². The molecule has 0 aliphatic rings. The molecular weight excluding hydrogens is 254 g/mol. The van der Waals surface area contributed by atoms with Crippen molar-refractivity contribution in [1.29, 1.82) is 0 Å². The first kappa shape index (κ1) is 14.1. The van der Waals surface area contributed by atoms with Crippen molar-refractivity contribution in [2.24, 2.45) is 0 Å². The lowest BCUT2D eigenvalue weighted by atomic mass is 10.2. The third-order valence-electron chi connectivity index (χ3n) is 2.74. The molecule has 0 saturated carbocycles. The van der Waals surface area contributed by atoms with E-state index in [0.717, 1.165) is 17.9 Å². The van der Waals surface area contributed by atoms with Gasteiger partial charge in [0, 0.05) is 6.07 Å². The molecule has 0 spiro atoms. The third-order valence-corrected chi connectivity index (χ3v) is 2.74. The highest BCUT2D eigenvalue weighted by Crippen LogP contribution is 2.30. The zero-order chi connectivity index (χ0) is 14.4. The number of anilines is 1. The van der Waals surface area contributed by atoms with Crippen LogP contribution in [0.25, 0.3) is 0 Å². The number of rotatable bonds is 6. The monoisotopic (exact) mass is 273 g/mol. The quantitative estimate of drug-likeness (QED) is 0.812. The van der Waals surface area contributed by atoms with E-state index in [4.69, 9.17) is 19.9 Å². The molecule has 0 fully saturated rings. The Morgan fingerprint density at radius 1 is 0.950 bits per heavy atom. The Labute approximate surface area is 119 Å². The molecular formula is C16H19NO3. The number of nitrogens with two attached hydrogens (primary N) is 1. The van der Waals surface area contributed by atoms with Gasteiger partial charge in [0.1, 0.15) is 23.0 Å². The summed E-state index contributed by atoms with van der Waals surface area (Å²) in [5, 5.41) is 0. The van der Waals surface area contributed by atoms with Gasteiger partial charge in [0.25, 0.3) is 0 Å². The fourth-order valence-electron chi connectivity index (χ4n) is 1.70. The maximum Gasteiger partial charge on any atom is 0.145 e. The first-order valence-corrected chi connectivity index (χ1v) is 6.57. The molecule has 0 saturated heterocycles. The van der Waals surface area contributed by atoms with Crippen LogP contribution in [0.3, 0.4) is 0 Å². The summed E-state index contributed by atoms with van der Waals surface area (Å²) in [5.74, 6) is 2.87. The molecule has 20 heavy (non-hydrogen) atoms. The maximum absolute atomic E-state index is 5.86. The molecule has 0 bridgehead atoms. The van der Waals surface area contributed by atoms with Gasteiger partial charge in [0.05, 0.1) is 19.4 Å². The van der Waals surface area contributed by atoms with E-state index < -0.39 is 0 Å². The van der Waals surface area contributed by atoms with E-state index in [1.165, 1.54) is 0 Å². The molecule has 0 radical (unpaired) electrons. The second kappa shape index (κ2) is 6.70. The molecule has 4 heteroatoms. The molecule has 0 aliphatic heterocycles. The number of hydrogen-bond acceptors (Lipinski definition) is 4. The van der Waals surface area contributed by atoms with E-state index in [-0.39, 0.29) is 0 Å². The first-order chi connectivity index (χ1) is 9.72. The summed E-state index contributed by atoms with van der Waals surface area (Å²) in [5.41, 5.74) is 6.48. The first-order valence-electron chi connectivity index (χ1n) is 6.57. The molecule has 0 amide bonds. The molecule has 0 atom stereocenters. The van der Waals surface area contributed by atoms with E-state index in [1.54, 1.807) is 19.2 Å². The molecule has 106 valence electrons. The molecule has 0 aromatic heterocycles. The fourth-order valence-corrected chi connectivity index (χ4v) is 1.70. The van der Waals surface area contributed by atoms with Crippen molar-refractivity contribution in [2.45, 2.75) is 13.3 Å². The van der Waals surface area contributed by atoms with Gasteiger partial charge < -0.3 is 19.9 Å². The van der Waals surface area contributed by atoms with Gasteiger partial charge >= 0.3 is 0 Å². The predicted molar refractivity (Wildman–Crippen MR) is 79.7 cm³/mol. The molecule has 4 nitrogen and oxygen atoms in total. The summed E-state index contributed by atoms with van der Waals surface area (Å²) in [4.78, 5) is 0. The van der Waals surface area contributed by atoms with Gasteiger partial charge in [-0.1, -0.05) is 6.92 Å². The summed E-state index contributed by atoms with van der Waals surface area (Å²) < 4.78 is 16.4. The normalized spacial score (nSPS) is 10.1. The van der Waals surface area contributed by atoms with Crippen molar-refractivity contribution >= 4 is 5.69 Å². The minimum absolute atomic E-state index is 0.612. The molecule has 2 aromatic carbocycles. The van der Waals surface area contributed by atoms with Crippen molar-refractivity contribution in [1.82, 2.24) is 0 Å². The Bertz CT molecular complexity index is 552. The van der Waals surface area contributed by atoms with E-state index in [1.807, 2.05) is 37.3 Å². The largest absolute Gasteiger partial charge is 0.497 e. The number of benzene rings is 2. The lowest BCUT2D eigenvalue weighted by Crippen LogP contribution is -1.99. The fraction of sp³-hybridized carbons (Fsp3) is 0.250. The Morgan fingerprint density at radius 3 is 2.25 bits per heavy atom. The number of nitrogen functional groups attached to an aromatic ring is 1. The van der Waals surface area contributed by atoms with Gasteiger partial charge in [-0.15, -0.1) is 0 Å². The van der Waals surface area contributed by atoms with E-state index in [2.05, 4.69) is 0 Å². The van der Waals surface area contributed by atoms with Crippen LogP contribution in [-0.2, 0) is 0 Å². The van der Waals surface area contributed by atoms with Crippen LogP contribution in [0.1, 0.15) is 13.3 Å². The summed E-state index contributed by atoms with van der Waals surface area (Å²) in [6, 6.07) is 12.8. The topological polar surface area (TPSA) is 53.7 Å². The molecule has 0 unspecified atom stereocenters. The van der Waals surface area contributed by atoms with E-state index in [0.29, 0.717) is 23.8 Å². The average Bonchev–Trinajstić information content (AvgIpc) is 2.48. The molecule has 0 aliphatic carbocycles. The van der Waals surface area contributed by atoms with Crippen molar-refractivity contribution in [3.8, 4) is 23.0 Å². The SMILES string of the molecule is CCCOc1cc(Oc2ccc(OC)cc2)ccc1N. The van der Waals surface area contributed by atoms with Crippen LogP contribution >= 0.6 is 0 Å². The van der Waals surface area contributed by atoms with Crippen molar-refractivity contribution in [3.05, 3.63) is 42.5 Å². The number of ether oxygens (including phenoxy) is 3. The highest BCUT2D eigenvalue weighted by Gasteiger charge is 2.04. The predicted octanol–water partition coefficient (Wildman–Crippen LogP) is 3.86. The highest BCUT2D eigenvalue weighted by molar-refractivity contribution is 5.56. The summed E-state index contributed by atoms with van der Waals surface area (Å²) >= 11 is 0. The van der Waals surface area contributed by atoms with E-state index >= 15 is 0 Å². The van der Waals surface area contributed by atoms with Crippen LogP contribution in [0, 0.1) is 0 Å². The lowest BCUT2D eigenvalue weighted by Gasteiger charge is -2.11. The van der Waals surface area contributed by atoms with Crippen LogP contribution in [-0.4, -0.2) is 13.7 Å². The number of hydrogen-bond donors (Lipinski definition) is 1. The molecule has 0 heterocycles. The maximum atomic E-state index is 5.86. The Balaban J connectivity index is 2.11. The lowest BCUT2D eigenvalue weighted by molar-refractivity contribution is 0.317. The second-order valence-corrected chi connectivity index (χ2v) is 4.33. The molecule has 2 rings (SSSR count). The average molecular weight is 273 g/mol. The standard InChI is InChI=1S/C16H19NO3/c1-3-10-19-16-11-14(8-9-15(16)17)20-13-6-4-12(18-2)5-7-13/h4-9,11H,3,10,17H2,1-2H3.